The minimum atomic E-state index is 0.603. The quantitative estimate of drug-likeness (QED) is 0.381. The zero-order valence-corrected chi connectivity index (χ0v) is 21.2. The van der Waals surface area contributed by atoms with Crippen LogP contribution in [0.5, 0.6) is 0 Å². The van der Waals surface area contributed by atoms with Crippen molar-refractivity contribution in [3.8, 4) is 22.5 Å². The summed E-state index contributed by atoms with van der Waals surface area (Å²) in [6.07, 6.45) is 1.59. The highest BCUT2D eigenvalue weighted by molar-refractivity contribution is 6.05. The number of benzene rings is 2. The molecule has 2 aliphatic rings. The van der Waals surface area contributed by atoms with Crippen LogP contribution in [0.2, 0.25) is 0 Å². The van der Waals surface area contributed by atoms with Crippen molar-refractivity contribution >= 4 is 16.9 Å². The Labute approximate surface area is 217 Å². The predicted octanol–water partition coefficient (Wildman–Crippen LogP) is 3.71. The van der Waals surface area contributed by atoms with E-state index in [1.807, 2.05) is 6.07 Å². The molecule has 192 valence electrons. The Morgan fingerprint density at radius 3 is 2.41 bits per heavy atom. The summed E-state index contributed by atoms with van der Waals surface area (Å²) in [4.78, 5) is 14.1. The molecule has 4 aromatic rings. The second-order valence-corrected chi connectivity index (χ2v) is 9.68. The third-order valence-electron chi connectivity index (χ3n) is 7.21. The van der Waals surface area contributed by atoms with E-state index in [-0.39, 0.29) is 0 Å². The Hall–Kier alpha value is -3.30. The van der Waals surface area contributed by atoms with Gasteiger partial charge in [0.15, 0.2) is 0 Å². The maximum atomic E-state index is 6.43. The summed E-state index contributed by atoms with van der Waals surface area (Å²) < 4.78 is 11.9. The van der Waals surface area contributed by atoms with Gasteiger partial charge in [-0.3, -0.25) is 9.80 Å². The Morgan fingerprint density at radius 1 is 0.838 bits per heavy atom. The van der Waals surface area contributed by atoms with Crippen LogP contribution in [-0.2, 0) is 11.3 Å². The number of piperazine rings is 1. The molecule has 2 N–H and O–H groups in total. The van der Waals surface area contributed by atoms with Gasteiger partial charge in [0, 0.05) is 70.0 Å². The number of ether oxygens (including phenoxy) is 1. The lowest BCUT2D eigenvalue weighted by Crippen LogP contribution is -2.45. The number of furan rings is 1. The maximum Gasteiger partial charge on any atom is 0.232 e. The van der Waals surface area contributed by atoms with E-state index >= 15 is 0 Å². The van der Waals surface area contributed by atoms with Crippen molar-refractivity contribution < 1.29 is 9.15 Å². The van der Waals surface area contributed by atoms with Gasteiger partial charge >= 0.3 is 0 Å². The molecular weight excluding hydrogens is 464 g/mol. The number of nitrogens with zero attached hydrogens (tertiary/aromatic N) is 4. The summed E-state index contributed by atoms with van der Waals surface area (Å²) in [5.74, 6) is 1.64. The van der Waals surface area contributed by atoms with Crippen molar-refractivity contribution in [3.05, 3.63) is 66.5 Å². The molecule has 2 fully saturated rings. The van der Waals surface area contributed by atoms with Crippen LogP contribution < -0.4 is 10.6 Å². The summed E-state index contributed by atoms with van der Waals surface area (Å²) in [5, 5.41) is 7.92. The number of aromatic nitrogens is 2. The van der Waals surface area contributed by atoms with Crippen LogP contribution in [-0.4, -0.2) is 85.3 Å². The fourth-order valence-corrected chi connectivity index (χ4v) is 5.20. The molecule has 0 aliphatic carbocycles. The molecule has 0 spiro atoms. The molecule has 2 saturated heterocycles. The van der Waals surface area contributed by atoms with E-state index in [1.165, 1.54) is 5.56 Å². The molecule has 0 radical (unpaired) electrons. The molecule has 0 amide bonds. The minimum absolute atomic E-state index is 0.603. The van der Waals surface area contributed by atoms with E-state index in [0.717, 1.165) is 106 Å². The first-order valence-electron chi connectivity index (χ1n) is 13.2. The van der Waals surface area contributed by atoms with Crippen molar-refractivity contribution in [2.45, 2.75) is 6.54 Å². The van der Waals surface area contributed by atoms with Gasteiger partial charge in [0.2, 0.25) is 5.71 Å². The Kier molecular flexibility index (Phi) is 7.41. The molecule has 2 aliphatic heterocycles. The minimum Gasteiger partial charge on any atom is -0.437 e. The van der Waals surface area contributed by atoms with Crippen LogP contribution in [0.15, 0.2) is 65.3 Å². The van der Waals surface area contributed by atoms with Crippen LogP contribution in [0, 0.1) is 0 Å². The lowest BCUT2D eigenvalue weighted by Gasteiger charge is -2.27. The van der Waals surface area contributed by atoms with Gasteiger partial charge in [-0.1, -0.05) is 54.6 Å². The number of nitrogens with one attached hydrogen (secondary N) is 2. The molecule has 2 aromatic heterocycles. The van der Waals surface area contributed by atoms with Gasteiger partial charge in [-0.2, -0.15) is 0 Å². The van der Waals surface area contributed by atoms with E-state index in [9.17, 15) is 0 Å². The topological polar surface area (TPSA) is 78.7 Å². The summed E-state index contributed by atoms with van der Waals surface area (Å²) in [6.45, 7) is 10.6. The Morgan fingerprint density at radius 2 is 1.62 bits per heavy atom. The van der Waals surface area contributed by atoms with E-state index in [0.29, 0.717) is 5.71 Å². The van der Waals surface area contributed by atoms with E-state index in [4.69, 9.17) is 9.15 Å². The fourth-order valence-electron chi connectivity index (χ4n) is 5.20. The molecule has 8 heteroatoms. The molecule has 2 aromatic carbocycles. The van der Waals surface area contributed by atoms with Gasteiger partial charge in [0.05, 0.1) is 18.6 Å². The molecule has 4 heterocycles. The second-order valence-electron chi connectivity index (χ2n) is 9.68. The van der Waals surface area contributed by atoms with Crippen LogP contribution in [0.25, 0.3) is 33.6 Å². The SMILES string of the molecule is c1ccc(-c2c(-c3ccc(CN4CCOCC4)cc3)oc3ncnc(NCCN4CCNCC4)c23)cc1. The number of rotatable bonds is 8. The summed E-state index contributed by atoms with van der Waals surface area (Å²) in [7, 11) is 0. The van der Waals surface area contributed by atoms with Crippen molar-refractivity contribution in [3.63, 3.8) is 0 Å². The summed E-state index contributed by atoms with van der Waals surface area (Å²) in [6, 6.07) is 19.1. The van der Waals surface area contributed by atoms with Crippen molar-refractivity contribution in [2.75, 3.05) is 70.9 Å². The summed E-state index contributed by atoms with van der Waals surface area (Å²) in [5.41, 5.74) is 5.05. The van der Waals surface area contributed by atoms with Crippen molar-refractivity contribution in [1.82, 2.24) is 25.1 Å². The van der Waals surface area contributed by atoms with Gasteiger partial charge in [-0.05, 0) is 11.1 Å². The smallest absolute Gasteiger partial charge is 0.232 e. The van der Waals surface area contributed by atoms with E-state index in [2.05, 4.69) is 78.9 Å². The first kappa shape index (κ1) is 24.1. The van der Waals surface area contributed by atoms with Gasteiger partial charge in [-0.25, -0.2) is 9.97 Å². The Balaban J connectivity index is 1.31. The fraction of sp³-hybridized carbons (Fsp3) is 0.379. The molecule has 37 heavy (non-hydrogen) atoms. The normalized spacial score (nSPS) is 17.3. The number of fused-ring (bicyclic) bond motifs is 1. The predicted molar refractivity (Wildman–Crippen MR) is 147 cm³/mol. The molecule has 6 rings (SSSR count). The number of morpholine rings is 1. The number of hydrogen-bond acceptors (Lipinski definition) is 8. The molecular formula is C29H34N6O2. The lowest BCUT2D eigenvalue weighted by molar-refractivity contribution is 0.0342. The zero-order chi connectivity index (χ0) is 24.9. The van der Waals surface area contributed by atoms with Gasteiger partial charge in [-0.15, -0.1) is 0 Å². The highest BCUT2D eigenvalue weighted by atomic mass is 16.5. The van der Waals surface area contributed by atoms with Crippen molar-refractivity contribution in [1.29, 1.82) is 0 Å². The molecule has 0 atom stereocenters. The third-order valence-corrected chi connectivity index (χ3v) is 7.21. The molecule has 8 nitrogen and oxygen atoms in total. The van der Waals surface area contributed by atoms with Crippen LogP contribution in [0.4, 0.5) is 5.82 Å². The van der Waals surface area contributed by atoms with Crippen LogP contribution in [0.3, 0.4) is 0 Å². The first-order valence-corrected chi connectivity index (χ1v) is 13.2. The first-order chi connectivity index (χ1) is 18.3. The average Bonchev–Trinajstić information content (AvgIpc) is 3.36. The Bertz CT molecular complexity index is 1300. The van der Waals surface area contributed by atoms with Gasteiger partial charge < -0.3 is 19.8 Å². The third kappa shape index (κ3) is 5.52. The van der Waals surface area contributed by atoms with Gasteiger partial charge in [0.1, 0.15) is 17.9 Å². The number of hydrogen-bond donors (Lipinski definition) is 2. The number of anilines is 1. The van der Waals surface area contributed by atoms with Gasteiger partial charge in [0.25, 0.3) is 0 Å². The van der Waals surface area contributed by atoms with Crippen molar-refractivity contribution in [2.24, 2.45) is 0 Å². The standard InChI is InChI=1S/C29H34N6O2/c1-2-4-23(5-3-1)25-26-28(31-12-15-34-13-10-30-11-14-34)32-21-33-29(26)37-27(25)24-8-6-22(7-9-24)20-35-16-18-36-19-17-35/h1-9,21,30H,10-20H2,(H,31,32,33). The molecule has 0 saturated carbocycles. The van der Waals surface area contributed by atoms with E-state index in [1.54, 1.807) is 6.33 Å². The average molecular weight is 499 g/mol. The maximum absolute atomic E-state index is 6.43. The highest BCUT2D eigenvalue weighted by Gasteiger charge is 2.22. The summed E-state index contributed by atoms with van der Waals surface area (Å²) >= 11 is 0. The second kappa shape index (κ2) is 11.4. The zero-order valence-electron chi connectivity index (χ0n) is 21.2. The molecule has 0 bridgehead atoms. The lowest BCUT2D eigenvalue weighted by atomic mass is 9.98. The van der Waals surface area contributed by atoms with Crippen LogP contribution in [0.1, 0.15) is 5.56 Å². The highest BCUT2D eigenvalue weighted by Crippen LogP contribution is 2.42. The van der Waals surface area contributed by atoms with E-state index < -0.39 is 0 Å². The monoisotopic (exact) mass is 498 g/mol. The molecule has 0 unspecified atom stereocenters. The van der Waals surface area contributed by atoms with Crippen LogP contribution >= 0.6 is 0 Å². The largest absolute Gasteiger partial charge is 0.437 e.